The number of rotatable bonds is 6. The lowest BCUT2D eigenvalue weighted by Gasteiger charge is -2.39. The number of ether oxygens (including phenoxy) is 1. The lowest BCUT2D eigenvalue weighted by Crippen LogP contribution is -2.52. The highest BCUT2D eigenvalue weighted by Gasteiger charge is 2.34. The molecule has 0 radical (unpaired) electrons. The Hall–Kier alpha value is -1.43. The number of benzene rings is 1. The minimum Gasteiger partial charge on any atom is -0.381 e. The third-order valence-electron chi connectivity index (χ3n) is 5.96. The van der Waals surface area contributed by atoms with Gasteiger partial charge in [-0.1, -0.05) is 30.3 Å². The summed E-state index contributed by atoms with van der Waals surface area (Å²) in [6, 6.07) is 11.2. The van der Waals surface area contributed by atoms with Crippen molar-refractivity contribution in [1.29, 1.82) is 0 Å². The normalized spacial score (nSPS) is 21.7. The summed E-state index contributed by atoms with van der Waals surface area (Å²) in [6.45, 7) is 11.3. The zero-order chi connectivity index (χ0) is 18.4. The molecule has 1 aromatic carbocycles. The second-order valence-electron chi connectivity index (χ2n) is 7.94. The van der Waals surface area contributed by atoms with Crippen LogP contribution in [0.25, 0.3) is 0 Å². The Balaban J connectivity index is 1.52. The van der Waals surface area contributed by atoms with Crippen LogP contribution in [0.4, 0.5) is 0 Å². The SMILES string of the molecule is CC(C)N1CCN(CC(=O)NCC2(c3ccccc3)CCOCC2)CC1. The van der Waals surface area contributed by atoms with Crippen LogP contribution in [-0.2, 0) is 14.9 Å². The lowest BCUT2D eigenvalue weighted by atomic mass is 9.74. The Kier molecular flexibility index (Phi) is 6.68. The number of piperazine rings is 1. The molecule has 0 spiro atoms. The number of hydrogen-bond donors (Lipinski definition) is 1. The number of carbonyl (C=O) groups is 1. The van der Waals surface area contributed by atoms with Gasteiger partial charge < -0.3 is 10.1 Å². The molecule has 0 aliphatic carbocycles. The van der Waals surface area contributed by atoms with Crippen LogP contribution in [0.2, 0.25) is 0 Å². The largest absolute Gasteiger partial charge is 0.381 e. The van der Waals surface area contributed by atoms with Crippen LogP contribution < -0.4 is 5.32 Å². The van der Waals surface area contributed by atoms with Gasteiger partial charge in [0.25, 0.3) is 0 Å². The number of hydrogen-bond acceptors (Lipinski definition) is 4. The second-order valence-corrected chi connectivity index (χ2v) is 7.94. The Bertz CT molecular complexity index is 562. The standard InChI is InChI=1S/C21H33N3O2/c1-18(2)24-12-10-23(11-13-24)16-20(25)22-17-21(8-14-26-15-9-21)19-6-4-3-5-7-19/h3-7,18H,8-17H2,1-2H3,(H,22,25). The van der Waals surface area contributed by atoms with E-state index < -0.39 is 0 Å². The van der Waals surface area contributed by atoms with Crippen molar-refractivity contribution in [2.75, 3.05) is 52.5 Å². The van der Waals surface area contributed by atoms with Crippen LogP contribution in [0.3, 0.4) is 0 Å². The summed E-state index contributed by atoms with van der Waals surface area (Å²) in [5.74, 6) is 0.143. The average molecular weight is 360 g/mol. The first-order valence-corrected chi connectivity index (χ1v) is 9.95. The minimum atomic E-state index is 0.00547. The molecule has 2 saturated heterocycles. The van der Waals surface area contributed by atoms with Crippen molar-refractivity contribution in [1.82, 2.24) is 15.1 Å². The summed E-state index contributed by atoms with van der Waals surface area (Å²) in [6.07, 6.45) is 1.93. The fraction of sp³-hybridized carbons (Fsp3) is 0.667. The maximum atomic E-state index is 12.5. The van der Waals surface area contributed by atoms with E-state index in [2.05, 4.69) is 53.2 Å². The van der Waals surface area contributed by atoms with Crippen LogP contribution >= 0.6 is 0 Å². The van der Waals surface area contributed by atoms with Gasteiger partial charge in [0, 0.05) is 57.4 Å². The molecule has 5 heteroatoms. The maximum absolute atomic E-state index is 12.5. The summed E-state index contributed by atoms with van der Waals surface area (Å²) < 4.78 is 5.58. The smallest absolute Gasteiger partial charge is 0.234 e. The number of nitrogens with zero attached hydrogens (tertiary/aromatic N) is 2. The van der Waals surface area contributed by atoms with Crippen LogP contribution in [0.1, 0.15) is 32.3 Å². The molecule has 0 atom stereocenters. The van der Waals surface area contributed by atoms with Crippen LogP contribution in [0.15, 0.2) is 30.3 Å². The first-order chi connectivity index (χ1) is 12.6. The van der Waals surface area contributed by atoms with Crippen molar-refractivity contribution in [3.05, 3.63) is 35.9 Å². The van der Waals surface area contributed by atoms with Crippen molar-refractivity contribution in [2.45, 2.75) is 38.1 Å². The molecule has 0 aromatic heterocycles. The zero-order valence-corrected chi connectivity index (χ0v) is 16.2. The van der Waals surface area contributed by atoms with E-state index in [4.69, 9.17) is 4.74 Å². The number of nitrogens with one attached hydrogen (secondary N) is 1. The second kappa shape index (κ2) is 8.98. The first-order valence-electron chi connectivity index (χ1n) is 9.95. The number of amides is 1. The topological polar surface area (TPSA) is 44.8 Å². The molecule has 26 heavy (non-hydrogen) atoms. The summed E-state index contributed by atoms with van der Waals surface area (Å²) in [7, 11) is 0. The van der Waals surface area contributed by atoms with Gasteiger partial charge in [-0.25, -0.2) is 0 Å². The molecule has 2 fully saturated rings. The van der Waals surface area contributed by atoms with E-state index in [1.165, 1.54) is 5.56 Å². The first kappa shape index (κ1) is 19.3. The molecular formula is C21H33N3O2. The Morgan fingerprint density at radius 1 is 1.12 bits per heavy atom. The Morgan fingerprint density at radius 3 is 2.38 bits per heavy atom. The summed E-state index contributed by atoms with van der Waals surface area (Å²) in [5, 5.41) is 3.22. The highest BCUT2D eigenvalue weighted by atomic mass is 16.5. The molecule has 1 N–H and O–H groups in total. The van der Waals surface area contributed by atoms with Crippen LogP contribution in [0.5, 0.6) is 0 Å². The van der Waals surface area contributed by atoms with Gasteiger partial charge >= 0.3 is 0 Å². The molecule has 2 heterocycles. The van der Waals surface area contributed by atoms with Crippen molar-refractivity contribution in [3.63, 3.8) is 0 Å². The third kappa shape index (κ3) is 4.84. The summed E-state index contributed by atoms with van der Waals surface area (Å²) >= 11 is 0. The lowest BCUT2D eigenvalue weighted by molar-refractivity contribution is -0.123. The highest BCUT2D eigenvalue weighted by molar-refractivity contribution is 5.78. The van der Waals surface area contributed by atoms with E-state index in [1.54, 1.807) is 0 Å². The number of carbonyl (C=O) groups excluding carboxylic acids is 1. The Labute approximate surface area is 157 Å². The van der Waals surface area contributed by atoms with E-state index >= 15 is 0 Å². The highest BCUT2D eigenvalue weighted by Crippen LogP contribution is 2.34. The van der Waals surface area contributed by atoms with Gasteiger partial charge in [0.1, 0.15) is 0 Å². The molecule has 1 aromatic rings. The van der Waals surface area contributed by atoms with Crippen LogP contribution in [-0.4, -0.2) is 74.2 Å². The van der Waals surface area contributed by atoms with Gasteiger partial charge in [-0.15, -0.1) is 0 Å². The molecule has 0 bridgehead atoms. The van der Waals surface area contributed by atoms with Gasteiger partial charge in [0.2, 0.25) is 5.91 Å². The monoisotopic (exact) mass is 359 g/mol. The maximum Gasteiger partial charge on any atom is 0.234 e. The molecule has 0 unspecified atom stereocenters. The minimum absolute atomic E-state index is 0.00547. The van der Waals surface area contributed by atoms with E-state index in [0.29, 0.717) is 19.1 Å². The fourth-order valence-electron chi connectivity index (χ4n) is 4.09. The van der Waals surface area contributed by atoms with E-state index in [0.717, 1.165) is 52.2 Å². The predicted octanol–water partition coefficient (Wildman–Crippen LogP) is 1.88. The van der Waals surface area contributed by atoms with Crippen LogP contribution in [0, 0.1) is 0 Å². The quantitative estimate of drug-likeness (QED) is 0.842. The summed E-state index contributed by atoms with van der Waals surface area (Å²) in [5.41, 5.74) is 1.32. The van der Waals surface area contributed by atoms with Crippen molar-refractivity contribution in [3.8, 4) is 0 Å². The molecule has 5 nitrogen and oxygen atoms in total. The average Bonchev–Trinajstić information content (AvgIpc) is 2.68. The van der Waals surface area contributed by atoms with Gasteiger partial charge in [0.15, 0.2) is 0 Å². The van der Waals surface area contributed by atoms with Gasteiger partial charge in [-0.05, 0) is 32.3 Å². The molecule has 144 valence electrons. The summed E-state index contributed by atoms with van der Waals surface area (Å²) in [4.78, 5) is 17.3. The van der Waals surface area contributed by atoms with Gasteiger partial charge in [-0.3, -0.25) is 14.6 Å². The van der Waals surface area contributed by atoms with Crippen molar-refractivity contribution in [2.24, 2.45) is 0 Å². The molecular weight excluding hydrogens is 326 g/mol. The predicted molar refractivity (Wildman–Crippen MR) is 104 cm³/mol. The molecule has 2 aliphatic rings. The zero-order valence-electron chi connectivity index (χ0n) is 16.2. The van der Waals surface area contributed by atoms with E-state index in [9.17, 15) is 4.79 Å². The Morgan fingerprint density at radius 2 is 1.77 bits per heavy atom. The van der Waals surface area contributed by atoms with Crippen molar-refractivity contribution >= 4 is 5.91 Å². The fourth-order valence-corrected chi connectivity index (χ4v) is 4.09. The molecule has 2 aliphatic heterocycles. The molecule has 1 amide bonds. The van der Waals surface area contributed by atoms with E-state index in [-0.39, 0.29) is 11.3 Å². The van der Waals surface area contributed by atoms with Crippen molar-refractivity contribution < 1.29 is 9.53 Å². The van der Waals surface area contributed by atoms with Gasteiger partial charge in [0.05, 0.1) is 6.54 Å². The van der Waals surface area contributed by atoms with Gasteiger partial charge in [-0.2, -0.15) is 0 Å². The molecule has 0 saturated carbocycles. The third-order valence-corrected chi connectivity index (χ3v) is 5.96. The molecule has 3 rings (SSSR count). The van der Waals surface area contributed by atoms with E-state index in [1.807, 2.05) is 6.07 Å².